The van der Waals surface area contributed by atoms with Gasteiger partial charge >= 0.3 is 12.1 Å². The number of carboxylic acid groups (broad SMARTS) is 1. The van der Waals surface area contributed by atoms with Crippen LogP contribution in [-0.4, -0.2) is 22.6 Å². The second-order valence-electron chi connectivity index (χ2n) is 5.74. The first-order valence-corrected chi connectivity index (χ1v) is 9.71. The lowest BCUT2D eigenvalue weighted by Gasteiger charge is -2.20. The van der Waals surface area contributed by atoms with Gasteiger partial charge in [0.15, 0.2) is 5.13 Å². The van der Waals surface area contributed by atoms with E-state index < -0.39 is 17.7 Å². The summed E-state index contributed by atoms with van der Waals surface area (Å²) in [6, 6.07) is 8.73. The van der Waals surface area contributed by atoms with Gasteiger partial charge in [-0.2, -0.15) is 13.2 Å². The van der Waals surface area contributed by atoms with Crippen molar-refractivity contribution in [2.45, 2.75) is 19.1 Å². The number of aromatic nitrogens is 1. The summed E-state index contributed by atoms with van der Waals surface area (Å²) in [5.41, 5.74) is 0.442. The van der Waals surface area contributed by atoms with Crippen LogP contribution in [0.25, 0.3) is 11.3 Å². The van der Waals surface area contributed by atoms with E-state index in [1.165, 1.54) is 23.5 Å². The average molecular weight is 449 g/mol. The fourth-order valence-electron chi connectivity index (χ4n) is 2.44. The van der Waals surface area contributed by atoms with Gasteiger partial charge in [0.25, 0.3) is 0 Å². The van der Waals surface area contributed by atoms with Gasteiger partial charge in [0.05, 0.1) is 24.2 Å². The van der Waals surface area contributed by atoms with E-state index >= 15 is 0 Å². The topological polar surface area (TPSA) is 53.4 Å². The molecule has 0 aliphatic carbocycles. The predicted octanol–water partition coefficient (Wildman–Crippen LogP) is 5.79. The first kappa shape index (κ1) is 22.2. The number of alkyl halides is 3. The summed E-state index contributed by atoms with van der Waals surface area (Å²) >= 11 is 2.91. The zero-order valence-electron chi connectivity index (χ0n) is 14.3. The van der Waals surface area contributed by atoms with Crippen LogP contribution in [0.4, 0.5) is 18.3 Å². The molecular formula is C18H16ClF3N2O2S2. The molecule has 3 aromatic rings. The van der Waals surface area contributed by atoms with Crippen molar-refractivity contribution in [3.05, 3.63) is 57.6 Å². The summed E-state index contributed by atoms with van der Waals surface area (Å²) in [7, 11) is 0. The number of carboxylic acids is 1. The van der Waals surface area contributed by atoms with E-state index in [9.17, 15) is 18.0 Å². The van der Waals surface area contributed by atoms with E-state index in [-0.39, 0.29) is 18.8 Å². The Morgan fingerprint density at radius 1 is 1.14 bits per heavy atom. The number of thiophene rings is 1. The van der Waals surface area contributed by atoms with Crippen LogP contribution in [0.3, 0.4) is 0 Å². The molecule has 150 valence electrons. The van der Waals surface area contributed by atoms with E-state index in [2.05, 4.69) is 4.98 Å². The highest BCUT2D eigenvalue weighted by molar-refractivity contribution is 7.14. The molecule has 0 unspecified atom stereocenters. The van der Waals surface area contributed by atoms with Crippen LogP contribution in [0.1, 0.15) is 16.9 Å². The highest BCUT2D eigenvalue weighted by atomic mass is 35.5. The number of carbonyl (C=O) groups is 1. The Morgan fingerprint density at radius 3 is 2.43 bits per heavy atom. The fourth-order valence-corrected chi connectivity index (χ4v) is 4.02. The van der Waals surface area contributed by atoms with E-state index in [1.54, 1.807) is 16.7 Å². The number of hydrogen-bond acceptors (Lipinski definition) is 5. The molecule has 0 saturated carbocycles. The Kier molecular flexibility index (Phi) is 7.45. The molecule has 10 heteroatoms. The summed E-state index contributed by atoms with van der Waals surface area (Å²) in [5.74, 6) is -0.898. The molecule has 0 fully saturated rings. The molecule has 28 heavy (non-hydrogen) atoms. The Morgan fingerprint density at radius 2 is 1.86 bits per heavy atom. The van der Waals surface area contributed by atoms with Crippen molar-refractivity contribution in [1.82, 2.24) is 4.98 Å². The zero-order valence-corrected chi connectivity index (χ0v) is 16.8. The minimum absolute atomic E-state index is 0. The van der Waals surface area contributed by atoms with Crippen LogP contribution >= 0.6 is 35.1 Å². The van der Waals surface area contributed by atoms with Crippen LogP contribution in [0.5, 0.6) is 0 Å². The van der Waals surface area contributed by atoms with Gasteiger partial charge in [-0.3, -0.25) is 4.79 Å². The quantitative estimate of drug-likeness (QED) is 0.496. The van der Waals surface area contributed by atoms with Crippen molar-refractivity contribution < 1.29 is 23.1 Å². The van der Waals surface area contributed by atoms with Gasteiger partial charge in [0.1, 0.15) is 0 Å². The number of anilines is 1. The molecular weight excluding hydrogens is 433 g/mol. The largest absolute Gasteiger partial charge is 0.481 e. The van der Waals surface area contributed by atoms with E-state index in [0.29, 0.717) is 29.5 Å². The van der Waals surface area contributed by atoms with Crippen molar-refractivity contribution in [2.24, 2.45) is 0 Å². The SMILES string of the molecule is Cl.O=C(O)CCN(Cc1cccs1)c1nc(-c2ccc(C(F)(F)F)cc2)cs1. The summed E-state index contributed by atoms with van der Waals surface area (Å²) < 4.78 is 38.1. The molecule has 3 rings (SSSR count). The predicted molar refractivity (Wildman–Crippen MR) is 107 cm³/mol. The Hall–Kier alpha value is -2.10. The maximum Gasteiger partial charge on any atom is 0.416 e. The first-order valence-electron chi connectivity index (χ1n) is 7.95. The molecule has 0 aliphatic heterocycles. The van der Waals surface area contributed by atoms with E-state index in [0.717, 1.165) is 17.0 Å². The lowest BCUT2D eigenvalue weighted by Crippen LogP contribution is -2.25. The Balaban J connectivity index is 0.00000280. The zero-order chi connectivity index (χ0) is 19.4. The van der Waals surface area contributed by atoms with Crippen molar-refractivity contribution in [1.29, 1.82) is 0 Å². The normalized spacial score (nSPS) is 11.1. The standard InChI is InChI=1S/C18H15F3N2O2S2.ClH/c19-18(20,21)13-5-3-12(4-6-13)15-11-27-17(22-15)23(8-7-16(24)25)10-14-2-1-9-26-14;/h1-6,9,11H,7-8,10H2,(H,24,25);1H. The summed E-state index contributed by atoms with van der Waals surface area (Å²) in [6.45, 7) is 0.831. The van der Waals surface area contributed by atoms with Gasteiger partial charge < -0.3 is 10.0 Å². The molecule has 0 aliphatic rings. The maximum atomic E-state index is 12.7. The third-order valence-corrected chi connectivity index (χ3v) is 5.56. The third-order valence-electron chi connectivity index (χ3n) is 3.79. The van der Waals surface area contributed by atoms with Crippen molar-refractivity contribution in [3.63, 3.8) is 0 Å². The summed E-state index contributed by atoms with van der Waals surface area (Å²) in [4.78, 5) is 18.4. The van der Waals surface area contributed by atoms with Crippen LogP contribution < -0.4 is 4.90 Å². The molecule has 0 bridgehead atoms. The van der Waals surface area contributed by atoms with Crippen molar-refractivity contribution in [2.75, 3.05) is 11.4 Å². The second kappa shape index (κ2) is 9.40. The average Bonchev–Trinajstić information content (AvgIpc) is 3.29. The number of hydrogen-bond donors (Lipinski definition) is 1. The van der Waals surface area contributed by atoms with Gasteiger partial charge in [-0.05, 0) is 23.6 Å². The number of rotatable bonds is 7. The van der Waals surface area contributed by atoms with Crippen LogP contribution in [0.15, 0.2) is 47.2 Å². The van der Waals surface area contributed by atoms with Crippen molar-refractivity contribution in [3.8, 4) is 11.3 Å². The number of thiazole rings is 1. The Labute approximate surface area is 173 Å². The third kappa shape index (κ3) is 5.70. The second-order valence-corrected chi connectivity index (χ2v) is 7.60. The van der Waals surface area contributed by atoms with Crippen molar-refractivity contribution >= 4 is 46.2 Å². The molecule has 2 heterocycles. The minimum atomic E-state index is -4.37. The van der Waals surface area contributed by atoms with Crippen LogP contribution in [0, 0.1) is 0 Å². The van der Waals surface area contributed by atoms with Gasteiger partial charge in [-0.1, -0.05) is 18.2 Å². The smallest absolute Gasteiger partial charge is 0.416 e. The van der Waals surface area contributed by atoms with E-state index in [4.69, 9.17) is 5.11 Å². The monoisotopic (exact) mass is 448 g/mol. The number of nitrogens with zero attached hydrogens (tertiary/aromatic N) is 2. The summed E-state index contributed by atoms with van der Waals surface area (Å²) in [6.07, 6.45) is -4.40. The molecule has 2 aromatic heterocycles. The van der Waals surface area contributed by atoms with Crippen LogP contribution in [-0.2, 0) is 17.5 Å². The molecule has 0 saturated heterocycles. The summed E-state index contributed by atoms with van der Waals surface area (Å²) in [5, 5.41) is 13.3. The molecule has 0 radical (unpaired) electrons. The lowest BCUT2D eigenvalue weighted by molar-refractivity contribution is -0.138. The van der Waals surface area contributed by atoms with Gasteiger partial charge in [-0.25, -0.2) is 4.98 Å². The fraction of sp³-hybridized carbons (Fsp3) is 0.222. The van der Waals surface area contributed by atoms with Gasteiger partial charge in [0.2, 0.25) is 0 Å². The minimum Gasteiger partial charge on any atom is -0.481 e. The molecule has 0 spiro atoms. The number of aliphatic carboxylic acids is 1. The molecule has 1 N–H and O–H groups in total. The lowest BCUT2D eigenvalue weighted by atomic mass is 10.1. The molecule has 4 nitrogen and oxygen atoms in total. The number of halogens is 4. The highest BCUT2D eigenvalue weighted by Crippen LogP contribution is 2.33. The van der Waals surface area contributed by atoms with Gasteiger partial charge in [-0.15, -0.1) is 35.1 Å². The maximum absolute atomic E-state index is 12.7. The molecule has 0 atom stereocenters. The van der Waals surface area contributed by atoms with E-state index in [1.807, 2.05) is 22.4 Å². The first-order chi connectivity index (χ1) is 12.8. The van der Waals surface area contributed by atoms with Gasteiger partial charge in [0, 0.05) is 22.4 Å². The Bertz CT molecular complexity index is 896. The highest BCUT2D eigenvalue weighted by Gasteiger charge is 2.30. The van der Waals surface area contributed by atoms with Crippen LogP contribution in [0.2, 0.25) is 0 Å². The molecule has 1 aromatic carbocycles. The molecule has 0 amide bonds. The number of benzene rings is 1.